The maximum absolute atomic E-state index is 10.5. The summed E-state index contributed by atoms with van der Waals surface area (Å²) in [5.41, 5.74) is 10.2. The van der Waals surface area contributed by atoms with Crippen LogP contribution < -0.4 is 0 Å². The summed E-state index contributed by atoms with van der Waals surface area (Å²) in [5.74, 6) is 1.25. The summed E-state index contributed by atoms with van der Waals surface area (Å²) in [6.45, 7) is 21.9. The molecule has 0 fully saturated rings. The summed E-state index contributed by atoms with van der Waals surface area (Å²) in [7, 11) is 0. The predicted octanol–water partition coefficient (Wildman–Crippen LogP) is 10.1. The number of benzene rings is 3. The van der Waals surface area contributed by atoms with Crippen molar-refractivity contribution in [1.29, 1.82) is 5.26 Å². The van der Waals surface area contributed by atoms with E-state index in [0.29, 0.717) is 11.6 Å². The molecule has 3 aromatic carbocycles. The Morgan fingerprint density at radius 3 is 2.00 bits per heavy atom. The van der Waals surface area contributed by atoms with Crippen LogP contribution in [-0.2, 0) is 5.41 Å². The first-order chi connectivity index (χ1) is 18.5. The number of nitriles is 1. The van der Waals surface area contributed by atoms with Crippen LogP contribution in [0.3, 0.4) is 0 Å². The fourth-order valence-electron chi connectivity index (χ4n) is 4.99. The summed E-state index contributed by atoms with van der Waals surface area (Å²) >= 11 is 0. The van der Waals surface area contributed by atoms with Crippen molar-refractivity contribution >= 4 is 0 Å². The van der Waals surface area contributed by atoms with Crippen LogP contribution in [0.1, 0.15) is 87.9 Å². The molecule has 0 saturated carbocycles. The first-order valence-electron chi connectivity index (χ1n) is 14.3. The maximum atomic E-state index is 10.5. The van der Waals surface area contributed by atoms with Crippen LogP contribution in [0.5, 0.6) is 0 Å². The van der Waals surface area contributed by atoms with E-state index in [4.69, 9.17) is 4.98 Å². The van der Waals surface area contributed by atoms with Crippen LogP contribution in [0.4, 0.5) is 0 Å². The Labute approximate surface area is 236 Å². The summed E-state index contributed by atoms with van der Waals surface area (Å²) in [5, 5.41) is 10.5. The Balaban J connectivity index is 0.000000983. The molecule has 0 aliphatic heterocycles. The van der Waals surface area contributed by atoms with E-state index in [9.17, 15) is 5.26 Å². The number of aryl methyl sites for hydroxylation is 4. The van der Waals surface area contributed by atoms with Gasteiger partial charge in [0.1, 0.15) is 17.6 Å². The van der Waals surface area contributed by atoms with Crippen molar-refractivity contribution in [3.8, 4) is 34.4 Å². The first kappa shape index (κ1) is 29.9. The van der Waals surface area contributed by atoms with Crippen molar-refractivity contribution in [3.63, 3.8) is 0 Å². The van der Waals surface area contributed by atoms with Crippen molar-refractivity contribution in [2.75, 3.05) is 0 Å². The lowest BCUT2D eigenvalue weighted by molar-refractivity contribution is 0.373. The average Bonchev–Trinajstić information content (AvgIpc) is 3.27. The normalized spacial score (nSPS) is 11.2. The zero-order valence-electron chi connectivity index (χ0n) is 25.6. The van der Waals surface area contributed by atoms with Gasteiger partial charge < -0.3 is 0 Å². The zero-order valence-corrected chi connectivity index (χ0v) is 25.6. The van der Waals surface area contributed by atoms with Gasteiger partial charge in [0.15, 0.2) is 5.69 Å². The Morgan fingerprint density at radius 2 is 1.46 bits per heavy atom. The second kappa shape index (κ2) is 12.5. The van der Waals surface area contributed by atoms with Crippen LogP contribution in [0.15, 0.2) is 60.7 Å². The topological polar surface area (TPSA) is 41.6 Å². The van der Waals surface area contributed by atoms with Gasteiger partial charge in [0.25, 0.3) is 0 Å². The molecular formula is C36H45N3. The lowest BCUT2D eigenvalue weighted by atomic mass is 9.73. The molecule has 0 amide bonds. The highest BCUT2D eigenvalue weighted by Crippen LogP contribution is 2.41. The fraction of sp³-hybridized carbons (Fsp3) is 0.389. The van der Waals surface area contributed by atoms with Crippen LogP contribution in [0.25, 0.3) is 28.3 Å². The molecule has 0 saturated heterocycles. The second-order valence-electron chi connectivity index (χ2n) is 11.6. The number of hydrogen-bond acceptors (Lipinski definition) is 2. The molecule has 4 rings (SSSR count). The molecule has 0 aliphatic rings. The predicted molar refractivity (Wildman–Crippen MR) is 167 cm³/mol. The van der Waals surface area contributed by atoms with E-state index in [-0.39, 0.29) is 5.41 Å². The van der Waals surface area contributed by atoms with Gasteiger partial charge in [-0.3, -0.25) is 4.57 Å². The van der Waals surface area contributed by atoms with Crippen LogP contribution in [0.2, 0.25) is 0 Å². The zero-order chi connectivity index (χ0) is 28.9. The molecule has 3 heteroatoms. The third-order valence-electron chi connectivity index (χ3n) is 7.94. The number of unbranched alkanes of at least 4 members (excludes halogenated alkanes) is 1. The molecule has 0 N–H and O–H groups in total. The molecule has 1 aromatic heterocycles. The molecule has 0 radical (unpaired) electrons. The third-order valence-corrected chi connectivity index (χ3v) is 7.94. The molecule has 39 heavy (non-hydrogen) atoms. The highest BCUT2D eigenvalue weighted by Gasteiger charge is 2.31. The third kappa shape index (κ3) is 6.17. The minimum absolute atomic E-state index is 0.0684. The minimum atomic E-state index is -0.0684. The van der Waals surface area contributed by atoms with Crippen LogP contribution >= 0.6 is 0 Å². The van der Waals surface area contributed by atoms with Gasteiger partial charge in [-0.05, 0) is 61.8 Å². The first-order valence-corrected chi connectivity index (χ1v) is 14.3. The molecule has 1 heterocycles. The number of nitrogens with zero attached hydrogens (tertiary/aromatic N) is 3. The summed E-state index contributed by atoms with van der Waals surface area (Å²) in [6, 6.07) is 23.7. The summed E-state index contributed by atoms with van der Waals surface area (Å²) < 4.78 is 2.09. The lowest BCUT2D eigenvalue weighted by Crippen LogP contribution is -2.25. The van der Waals surface area contributed by atoms with Crippen molar-refractivity contribution in [1.82, 2.24) is 9.55 Å². The fourth-order valence-corrected chi connectivity index (χ4v) is 4.99. The van der Waals surface area contributed by atoms with Gasteiger partial charge in [-0.25, -0.2) is 4.98 Å². The van der Waals surface area contributed by atoms with E-state index in [1.165, 1.54) is 24.0 Å². The van der Waals surface area contributed by atoms with Gasteiger partial charge >= 0.3 is 0 Å². The van der Waals surface area contributed by atoms with Gasteiger partial charge in [-0.2, -0.15) is 5.26 Å². The molecule has 3 nitrogen and oxygen atoms in total. The largest absolute Gasteiger partial charge is 0.283 e. The average molecular weight is 520 g/mol. The Morgan fingerprint density at radius 1 is 0.846 bits per heavy atom. The van der Waals surface area contributed by atoms with Gasteiger partial charge in [0.2, 0.25) is 0 Å². The number of hydrogen-bond donors (Lipinski definition) is 0. The van der Waals surface area contributed by atoms with Crippen LogP contribution in [-0.4, -0.2) is 9.55 Å². The van der Waals surface area contributed by atoms with Gasteiger partial charge in [-0.15, -0.1) is 0 Å². The van der Waals surface area contributed by atoms with Crippen molar-refractivity contribution < 1.29 is 0 Å². The van der Waals surface area contributed by atoms with E-state index < -0.39 is 0 Å². The Hall–Kier alpha value is -3.64. The molecule has 0 bridgehead atoms. The molecular weight excluding hydrogens is 474 g/mol. The molecule has 0 aliphatic carbocycles. The smallest absolute Gasteiger partial charge is 0.153 e. The molecule has 0 atom stereocenters. The van der Waals surface area contributed by atoms with Gasteiger partial charge in [0.05, 0.1) is 5.69 Å². The van der Waals surface area contributed by atoms with E-state index in [2.05, 4.69) is 128 Å². The number of aromatic nitrogens is 2. The maximum Gasteiger partial charge on any atom is 0.153 e. The summed E-state index contributed by atoms with van der Waals surface area (Å²) in [4.78, 5) is 5.22. The minimum Gasteiger partial charge on any atom is -0.283 e. The second-order valence-corrected chi connectivity index (χ2v) is 11.6. The SMILES string of the molecule is CCCC.Cc1cccc(-c2nc(-c3ccccc3C(C)(C)C(C)C)n(-c3c(C)cc(C)cc3C)c2C#N)c1. The lowest BCUT2D eigenvalue weighted by Gasteiger charge is -2.32. The van der Waals surface area contributed by atoms with Crippen molar-refractivity contribution in [2.24, 2.45) is 5.92 Å². The highest BCUT2D eigenvalue weighted by atomic mass is 15.1. The van der Waals surface area contributed by atoms with E-state index in [1.807, 2.05) is 12.1 Å². The number of rotatable bonds is 6. The molecule has 0 spiro atoms. The van der Waals surface area contributed by atoms with Crippen molar-refractivity contribution in [3.05, 3.63) is 94.2 Å². The summed E-state index contributed by atoms with van der Waals surface area (Å²) in [6.07, 6.45) is 2.64. The monoisotopic (exact) mass is 519 g/mol. The quantitative estimate of drug-likeness (QED) is 0.254. The van der Waals surface area contributed by atoms with E-state index in [1.54, 1.807) is 0 Å². The highest BCUT2D eigenvalue weighted by molar-refractivity contribution is 5.76. The van der Waals surface area contributed by atoms with Crippen molar-refractivity contribution in [2.45, 2.75) is 87.5 Å². The standard InChI is InChI=1S/C32H35N3.C4H10/c1-20(2)32(7,8)27-15-10-9-14-26(27)31-34-29(25-13-11-12-21(3)18-25)28(19-33)35(31)30-23(5)16-22(4)17-24(30)6;1-3-4-2/h9-18,20H,1-8H3;3-4H2,1-2H3. The Bertz CT molecular complexity index is 1450. The van der Waals surface area contributed by atoms with Crippen LogP contribution in [0, 0.1) is 44.9 Å². The Kier molecular flexibility index (Phi) is 9.57. The molecule has 4 aromatic rings. The van der Waals surface area contributed by atoms with E-state index in [0.717, 1.165) is 45.0 Å². The van der Waals surface area contributed by atoms with Gasteiger partial charge in [0, 0.05) is 11.1 Å². The molecule has 204 valence electrons. The number of imidazole rings is 1. The molecule has 0 unspecified atom stereocenters. The van der Waals surface area contributed by atoms with Gasteiger partial charge in [-0.1, -0.05) is 120 Å². The van der Waals surface area contributed by atoms with E-state index >= 15 is 0 Å².